The predicted molar refractivity (Wildman–Crippen MR) is 159 cm³/mol. The number of benzene rings is 3. The van der Waals surface area contributed by atoms with Crippen LogP contribution in [0.5, 0.6) is 23.0 Å². The van der Waals surface area contributed by atoms with Crippen molar-refractivity contribution < 1.29 is 28.5 Å². The summed E-state index contributed by atoms with van der Waals surface area (Å²) in [7, 11) is 1.52. The van der Waals surface area contributed by atoms with Gasteiger partial charge in [0.15, 0.2) is 29.6 Å². The van der Waals surface area contributed by atoms with Gasteiger partial charge in [0.25, 0.3) is 11.8 Å². The first-order valence-electron chi connectivity index (χ1n) is 12.4. The minimum absolute atomic E-state index is 0.181. The van der Waals surface area contributed by atoms with E-state index >= 15 is 0 Å². The lowest BCUT2D eigenvalue weighted by Crippen LogP contribution is -2.20. The number of carbonyl (C=O) groups is 2. The number of halogens is 1. The van der Waals surface area contributed by atoms with Gasteiger partial charge in [-0.2, -0.15) is 5.10 Å². The third-order valence-corrected chi connectivity index (χ3v) is 6.05. The first-order chi connectivity index (χ1) is 18.8. The second-order valence-corrected chi connectivity index (χ2v) is 9.54. The first kappa shape index (κ1) is 29.8. The summed E-state index contributed by atoms with van der Waals surface area (Å²) in [6.07, 6.45) is 2.37. The lowest BCUT2D eigenvalue weighted by molar-refractivity contribution is -0.118. The number of rotatable bonds is 13. The molecule has 0 atom stereocenters. The number of nitrogens with one attached hydrogen (secondary N) is 2. The molecule has 3 aromatic carbocycles. The Labute approximate surface area is 242 Å². The highest BCUT2D eigenvalue weighted by Crippen LogP contribution is 2.34. The maximum absolute atomic E-state index is 12.6. The van der Waals surface area contributed by atoms with E-state index in [1.807, 2.05) is 51.1 Å². The van der Waals surface area contributed by atoms with Crippen molar-refractivity contribution in [1.82, 2.24) is 5.43 Å². The fraction of sp³-hybridized carbons (Fsp3) is 0.276. The molecule has 0 fully saturated rings. The molecular formula is C29H32IN3O6. The maximum atomic E-state index is 12.6. The van der Waals surface area contributed by atoms with Crippen molar-refractivity contribution in [2.75, 3.05) is 32.2 Å². The second-order valence-electron chi connectivity index (χ2n) is 8.38. The van der Waals surface area contributed by atoms with E-state index in [1.165, 1.54) is 13.3 Å². The SMILES string of the molecule is CCCOc1ccc(C(=O)N/N=C/c2cc(I)c(OCC(=O)Nc3cccc(C)c3)c(OCC)c2)cc1OC. The summed E-state index contributed by atoms with van der Waals surface area (Å²) in [6.45, 7) is 6.60. The molecule has 2 amide bonds. The van der Waals surface area contributed by atoms with Crippen LogP contribution in [0.2, 0.25) is 0 Å². The molecule has 3 aromatic rings. The Balaban J connectivity index is 1.65. The molecule has 0 saturated carbocycles. The van der Waals surface area contributed by atoms with Crippen LogP contribution in [0.1, 0.15) is 41.8 Å². The van der Waals surface area contributed by atoms with Crippen molar-refractivity contribution >= 4 is 46.3 Å². The zero-order valence-corrected chi connectivity index (χ0v) is 24.5. The van der Waals surface area contributed by atoms with Crippen LogP contribution in [0, 0.1) is 10.5 Å². The summed E-state index contributed by atoms with van der Waals surface area (Å²) in [5.74, 6) is 1.29. The third kappa shape index (κ3) is 8.88. The highest BCUT2D eigenvalue weighted by Gasteiger charge is 2.15. The van der Waals surface area contributed by atoms with E-state index in [2.05, 4.69) is 38.4 Å². The van der Waals surface area contributed by atoms with Gasteiger partial charge in [-0.3, -0.25) is 9.59 Å². The molecule has 0 aliphatic carbocycles. The van der Waals surface area contributed by atoms with Gasteiger partial charge in [0.1, 0.15) is 0 Å². The fourth-order valence-corrected chi connectivity index (χ4v) is 4.27. The Morgan fingerprint density at radius 3 is 2.51 bits per heavy atom. The molecule has 9 nitrogen and oxygen atoms in total. The number of hydrazone groups is 1. The van der Waals surface area contributed by atoms with Crippen LogP contribution in [0.4, 0.5) is 5.69 Å². The number of ether oxygens (including phenoxy) is 4. The van der Waals surface area contributed by atoms with Crippen LogP contribution in [0.3, 0.4) is 0 Å². The number of amides is 2. The lowest BCUT2D eigenvalue weighted by Gasteiger charge is -2.14. The topological polar surface area (TPSA) is 107 Å². The molecule has 10 heteroatoms. The Bertz CT molecular complexity index is 1330. The zero-order chi connectivity index (χ0) is 28.2. The molecule has 0 aromatic heterocycles. The van der Waals surface area contributed by atoms with E-state index in [0.717, 1.165) is 15.6 Å². The van der Waals surface area contributed by atoms with Crippen molar-refractivity contribution in [1.29, 1.82) is 0 Å². The lowest BCUT2D eigenvalue weighted by atomic mass is 10.2. The Hall–Kier alpha value is -3.80. The van der Waals surface area contributed by atoms with Gasteiger partial charge in [0.05, 0.1) is 30.1 Å². The van der Waals surface area contributed by atoms with Gasteiger partial charge in [0.2, 0.25) is 0 Å². The molecule has 0 aliphatic heterocycles. The molecule has 206 valence electrons. The van der Waals surface area contributed by atoms with Gasteiger partial charge in [-0.15, -0.1) is 0 Å². The molecule has 0 saturated heterocycles. The van der Waals surface area contributed by atoms with E-state index in [0.29, 0.717) is 53.0 Å². The van der Waals surface area contributed by atoms with Crippen molar-refractivity contribution in [3.05, 3.63) is 74.9 Å². The number of methoxy groups -OCH3 is 1. The maximum Gasteiger partial charge on any atom is 0.271 e. The molecule has 0 radical (unpaired) electrons. The van der Waals surface area contributed by atoms with Crippen LogP contribution in [-0.4, -0.2) is 45.0 Å². The van der Waals surface area contributed by atoms with Crippen molar-refractivity contribution in [3.63, 3.8) is 0 Å². The summed E-state index contributed by atoms with van der Waals surface area (Å²) in [6, 6.07) is 16.0. The summed E-state index contributed by atoms with van der Waals surface area (Å²) in [5.41, 5.74) is 5.33. The van der Waals surface area contributed by atoms with Gasteiger partial charge >= 0.3 is 0 Å². The zero-order valence-electron chi connectivity index (χ0n) is 22.4. The van der Waals surface area contributed by atoms with E-state index in [1.54, 1.807) is 24.3 Å². The van der Waals surface area contributed by atoms with E-state index in [4.69, 9.17) is 18.9 Å². The summed E-state index contributed by atoms with van der Waals surface area (Å²) >= 11 is 2.11. The Kier molecular flexibility index (Phi) is 11.4. The van der Waals surface area contributed by atoms with Gasteiger partial charge in [0, 0.05) is 11.3 Å². The number of aryl methyl sites for hydroxylation is 1. The normalized spacial score (nSPS) is 10.7. The van der Waals surface area contributed by atoms with Crippen molar-refractivity contribution in [2.45, 2.75) is 27.2 Å². The average Bonchev–Trinajstić information content (AvgIpc) is 2.91. The largest absolute Gasteiger partial charge is 0.493 e. The molecule has 0 heterocycles. The number of nitrogens with zero attached hydrogens (tertiary/aromatic N) is 1. The minimum Gasteiger partial charge on any atom is -0.493 e. The van der Waals surface area contributed by atoms with Gasteiger partial charge in [-0.05, 0) is 96.5 Å². The standard InChI is InChI=1S/C29H32IN3O6/c1-5-12-38-24-11-10-21(16-25(24)36-4)29(35)33-31-17-20-14-23(30)28(26(15-20)37-6-2)39-18-27(34)32-22-9-7-8-19(3)13-22/h7-11,13-17H,5-6,12,18H2,1-4H3,(H,32,34)(H,33,35)/b31-17+. The van der Waals surface area contributed by atoms with E-state index < -0.39 is 5.91 Å². The Morgan fingerprint density at radius 2 is 1.79 bits per heavy atom. The fourth-order valence-electron chi connectivity index (χ4n) is 3.49. The van der Waals surface area contributed by atoms with Crippen LogP contribution in [0.25, 0.3) is 0 Å². The first-order valence-corrected chi connectivity index (χ1v) is 13.5. The van der Waals surface area contributed by atoms with Gasteiger partial charge in [-0.25, -0.2) is 5.43 Å². The monoisotopic (exact) mass is 645 g/mol. The molecular weight excluding hydrogens is 613 g/mol. The number of hydrogen-bond acceptors (Lipinski definition) is 7. The van der Waals surface area contributed by atoms with Crippen molar-refractivity contribution in [2.24, 2.45) is 5.10 Å². The van der Waals surface area contributed by atoms with Gasteiger partial charge < -0.3 is 24.3 Å². The quantitative estimate of drug-likeness (QED) is 0.143. The molecule has 0 aliphatic rings. The van der Waals surface area contributed by atoms with Crippen LogP contribution < -0.4 is 29.7 Å². The van der Waals surface area contributed by atoms with Gasteiger partial charge in [-0.1, -0.05) is 19.1 Å². The molecule has 3 rings (SSSR count). The van der Waals surface area contributed by atoms with E-state index in [-0.39, 0.29) is 12.5 Å². The van der Waals surface area contributed by atoms with Crippen LogP contribution in [0.15, 0.2) is 59.7 Å². The highest BCUT2D eigenvalue weighted by atomic mass is 127. The summed E-state index contributed by atoms with van der Waals surface area (Å²) in [4.78, 5) is 25.0. The molecule has 39 heavy (non-hydrogen) atoms. The Morgan fingerprint density at radius 1 is 0.974 bits per heavy atom. The molecule has 2 N–H and O–H groups in total. The van der Waals surface area contributed by atoms with Crippen LogP contribution in [-0.2, 0) is 4.79 Å². The number of anilines is 1. The van der Waals surface area contributed by atoms with Crippen LogP contribution >= 0.6 is 22.6 Å². The summed E-state index contributed by atoms with van der Waals surface area (Å²) in [5, 5.41) is 6.91. The number of carbonyl (C=O) groups excluding carboxylic acids is 2. The summed E-state index contributed by atoms with van der Waals surface area (Å²) < 4.78 is 23.3. The molecule has 0 spiro atoms. The molecule has 0 unspecified atom stereocenters. The molecule has 0 bridgehead atoms. The predicted octanol–water partition coefficient (Wildman–Crippen LogP) is 5.58. The smallest absolute Gasteiger partial charge is 0.271 e. The number of hydrogen-bond donors (Lipinski definition) is 2. The average molecular weight is 645 g/mol. The minimum atomic E-state index is -0.397. The second kappa shape index (κ2) is 15.0. The van der Waals surface area contributed by atoms with Crippen molar-refractivity contribution in [3.8, 4) is 23.0 Å². The van der Waals surface area contributed by atoms with E-state index in [9.17, 15) is 9.59 Å². The third-order valence-electron chi connectivity index (χ3n) is 5.25. The highest BCUT2D eigenvalue weighted by molar-refractivity contribution is 14.1.